The molecule has 1 unspecified atom stereocenters. The number of hydrogen-bond acceptors (Lipinski definition) is 3. The first-order valence-corrected chi connectivity index (χ1v) is 7.02. The first kappa shape index (κ1) is 14.5. The third-order valence-corrected chi connectivity index (χ3v) is 4.06. The molecule has 1 atom stereocenters. The number of ether oxygens (including phenoxy) is 2. The molecular formula is C16H25NO2. The van der Waals surface area contributed by atoms with E-state index in [0.717, 1.165) is 0 Å². The van der Waals surface area contributed by atoms with E-state index in [1.807, 2.05) is 0 Å². The lowest BCUT2D eigenvalue weighted by Gasteiger charge is -2.39. The van der Waals surface area contributed by atoms with Crippen molar-refractivity contribution in [2.45, 2.75) is 51.0 Å². The van der Waals surface area contributed by atoms with Crippen molar-refractivity contribution < 1.29 is 9.47 Å². The molecule has 0 radical (unpaired) electrons. The summed E-state index contributed by atoms with van der Waals surface area (Å²) >= 11 is 0. The number of benzene rings is 1. The monoisotopic (exact) mass is 263 g/mol. The summed E-state index contributed by atoms with van der Waals surface area (Å²) < 4.78 is 10.5. The van der Waals surface area contributed by atoms with Crippen LogP contribution in [0.15, 0.2) is 24.3 Å². The van der Waals surface area contributed by atoms with Crippen molar-refractivity contribution in [3.8, 4) is 0 Å². The smallest absolute Gasteiger partial charge is 0.171 e. The van der Waals surface area contributed by atoms with Crippen LogP contribution in [0.4, 0.5) is 0 Å². The van der Waals surface area contributed by atoms with Gasteiger partial charge in [0.15, 0.2) is 6.29 Å². The molecular weight excluding hydrogens is 238 g/mol. The van der Waals surface area contributed by atoms with E-state index in [9.17, 15) is 0 Å². The lowest BCUT2D eigenvalue weighted by atomic mass is 9.75. The fraction of sp³-hybridized carbons (Fsp3) is 0.625. The summed E-state index contributed by atoms with van der Waals surface area (Å²) in [6, 6.07) is 9.71. The van der Waals surface area contributed by atoms with E-state index in [1.54, 1.807) is 14.2 Å². The van der Waals surface area contributed by atoms with Crippen LogP contribution in [0.5, 0.6) is 0 Å². The Balaban J connectivity index is 1.78. The molecule has 1 aromatic rings. The fourth-order valence-corrected chi connectivity index (χ4v) is 2.82. The molecule has 0 aliphatic heterocycles. The maximum absolute atomic E-state index is 5.27. The Hall–Kier alpha value is -0.900. The highest BCUT2D eigenvalue weighted by atomic mass is 16.7. The molecule has 1 N–H and O–H groups in total. The highest BCUT2D eigenvalue weighted by molar-refractivity contribution is 5.26. The third kappa shape index (κ3) is 3.56. The average molecular weight is 263 g/mol. The lowest BCUT2D eigenvalue weighted by Crippen LogP contribution is -2.49. The standard InChI is InChI=1S/C16H25NO2/c1-11-5-7-13(8-6-11)14-9-15(10-14)17-12(2)16(18-3)19-4/h5-8,12,14-17H,9-10H2,1-4H3. The van der Waals surface area contributed by atoms with Gasteiger partial charge >= 0.3 is 0 Å². The van der Waals surface area contributed by atoms with Gasteiger partial charge in [0.1, 0.15) is 0 Å². The van der Waals surface area contributed by atoms with E-state index in [-0.39, 0.29) is 12.3 Å². The van der Waals surface area contributed by atoms with Crippen molar-refractivity contribution in [3.63, 3.8) is 0 Å². The summed E-state index contributed by atoms with van der Waals surface area (Å²) in [7, 11) is 3.37. The van der Waals surface area contributed by atoms with Gasteiger partial charge in [-0.15, -0.1) is 0 Å². The van der Waals surface area contributed by atoms with E-state index in [4.69, 9.17) is 9.47 Å². The Bertz CT molecular complexity index is 380. The highest BCUT2D eigenvalue weighted by Crippen LogP contribution is 2.37. The van der Waals surface area contributed by atoms with Crippen molar-refractivity contribution in [3.05, 3.63) is 35.4 Å². The van der Waals surface area contributed by atoms with Crippen LogP contribution in [-0.2, 0) is 9.47 Å². The van der Waals surface area contributed by atoms with Crippen molar-refractivity contribution >= 4 is 0 Å². The van der Waals surface area contributed by atoms with E-state index in [2.05, 4.69) is 43.4 Å². The molecule has 0 bridgehead atoms. The van der Waals surface area contributed by atoms with Crippen molar-refractivity contribution in [1.82, 2.24) is 5.32 Å². The average Bonchev–Trinajstić information content (AvgIpc) is 2.36. The first-order chi connectivity index (χ1) is 9.13. The largest absolute Gasteiger partial charge is 0.354 e. The van der Waals surface area contributed by atoms with Crippen LogP contribution in [-0.4, -0.2) is 32.6 Å². The summed E-state index contributed by atoms with van der Waals surface area (Å²) in [4.78, 5) is 0. The van der Waals surface area contributed by atoms with Gasteiger partial charge in [0.25, 0.3) is 0 Å². The van der Waals surface area contributed by atoms with Crippen LogP contribution in [0.2, 0.25) is 0 Å². The van der Waals surface area contributed by atoms with E-state index in [0.29, 0.717) is 12.0 Å². The van der Waals surface area contributed by atoms with Crippen LogP contribution in [0, 0.1) is 6.92 Å². The van der Waals surface area contributed by atoms with E-state index < -0.39 is 0 Å². The zero-order chi connectivity index (χ0) is 13.8. The summed E-state index contributed by atoms with van der Waals surface area (Å²) in [6.07, 6.45) is 2.24. The molecule has 1 aliphatic rings. The molecule has 0 saturated heterocycles. The molecule has 19 heavy (non-hydrogen) atoms. The van der Waals surface area contributed by atoms with Crippen LogP contribution in [0.1, 0.15) is 36.8 Å². The topological polar surface area (TPSA) is 30.5 Å². The predicted octanol–water partition coefficient (Wildman–Crippen LogP) is 2.84. The van der Waals surface area contributed by atoms with Gasteiger partial charge in [-0.3, -0.25) is 0 Å². The molecule has 0 amide bonds. The molecule has 0 heterocycles. The van der Waals surface area contributed by atoms with Crippen LogP contribution < -0.4 is 5.32 Å². The second kappa shape index (κ2) is 6.51. The van der Waals surface area contributed by atoms with E-state index >= 15 is 0 Å². The quantitative estimate of drug-likeness (QED) is 0.801. The molecule has 0 spiro atoms. The zero-order valence-electron chi connectivity index (χ0n) is 12.3. The number of rotatable bonds is 6. The van der Waals surface area contributed by atoms with Crippen LogP contribution in [0.3, 0.4) is 0 Å². The first-order valence-electron chi connectivity index (χ1n) is 7.02. The Labute approximate surface area is 116 Å². The van der Waals surface area contributed by atoms with Gasteiger partial charge in [0.2, 0.25) is 0 Å². The third-order valence-electron chi connectivity index (χ3n) is 4.06. The minimum atomic E-state index is -0.168. The summed E-state index contributed by atoms with van der Waals surface area (Å²) in [6.45, 7) is 4.24. The minimum absolute atomic E-state index is 0.168. The Morgan fingerprint density at radius 1 is 1.11 bits per heavy atom. The second-order valence-corrected chi connectivity index (χ2v) is 5.57. The molecule has 3 nitrogen and oxygen atoms in total. The Morgan fingerprint density at radius 2 is 1.68 bits per heavy atom. The maximum atomic E-state index is 5.27. The minimum Gasteiger partial charge on any atom is -0.354 e. The molecule has 1 aliphatic carbocycles. The molecule has 0 aromatic heterocycles. The number of nitrogens with one attached hydrogen (secondary N) is 1. The van der Waals surface area contributed by atoms with Gasteiger partial charge in [-0.1, -0.05) is 29.8 Å². The van der Waals surface area contributed by atoms with Crippen molar-refractivity contribution in [2.24, 2.45) is 0 Å². The molecule has 106 valence electrons. The van der Waals surface area contributed by atoms with Crippen molar-refractivity contribution in [2.75, 3.05) is 14.2 Å². The van der Waals surface area contributed by atoms with Gasteiger partial charge in [0.05, 0.1) is 6.04 Å². The van der Waals surface area contributed by atoms with Gasteiger partial charge in [-0.05, 0) is 38.2 Å². The summed E-state index contributed by atoms with van der Waals surface area (Å²) in [5.74, 6) is 0.703. The highest BCUT2D eigenvalue weighted by Gasteiger charge is 2.32. The van der Waals surface area contributed by atoms with E-state index in [1.165, 1.54) is 24.0 Å². The molecule has 1 fully saturated rings. The molecule has 1 saturated carbocycles. The molecule has 2 rings (SSSR count). The van der Waals surface area contributed by atoms with Crippen LogP contribution >= 0.6 is 0 Å². The molecule has 1 aromatic carbocycles. The maximum Gasteiger partial charge on any atom is 0.171 e. The fourth-order valence-electron chi connectivity index (χ4n) is 2.82. The number of hydrogen-bond donors (Lipinski definition) is 1. The Morgan fingerprint density at radius 3 is 2.21 bits per heavy atom. The van der Waals surface area contributed by atoms with Crippen LogP contribution in [0.25, 0.3) is 0 Å². The molecule has 3 heteroatoms. The van der Waals surface area contributed by atoms with Gasteiger partial charge in [-0.25, -0.2) is 0 Å². The zero-order valence-corrected chi connectivity index (χ0v) is 12.3. The van der Waals surface area contributed by atoms with Gasteiger partial charge < -0.3 is 14.8 Å². The SMILES string of the molecule is COC(OC)C(C)NC1CC(c2ccc(C)cc2)C1. The predicted molar refractivity (Wildman–Crippen MR) is 77.3 cm³/mol. The van der Waals surface area contributed by atoms with Gasteiger partial charge in [0, 0.05) is 20.3 Å². The lowest BCUT2D eigenvalue weighted by molar-refractivity contribution is -0.122. The Kier molecular flexibility index (Phi) is 4.97. The number of methoxy groups -OCH3 is 2. The normalized spacial score (nSPS) is 24.3. The van der Waals surface area contributed by atoms with Gasteiger partial charge in [-0.2, -0.15) is 0 Å². The second-order valence-electron chi connectivity index (χ2n) is 5.57. The summed E-state index contributed by atoms with van der Waals surface area (Å²) in [5.41, 5.74) is 2.79. The summed E-state index contributed by atoms with van der Waals surface area (Å²) in [5, 5.41) is 3.58. The number of aryl methyl sites for hydroxylation is 1. The van der Waals surface area contributed by atoms with Crippen molar-refractivity contribution in [1.29, 1.82) is 0 Å².